The van der Waals surface area contributed by atoms with Crippen molar-refractivity contribution < 1.29 is 14.3 Å². The van der Waals surface area contributed by atoms with Crippen molar-refractivity contribution in [1.29, 1.82) is 0 Å². The molecule has 0 aromatic heterocycles. The smallest absolute Gasteiger partial charge is 0.225 e. The standard InChI is InChI=1S/C20H30N2O3/c1-14(2)20(24)22-11-6-9-17(13-22)19(23)21-10-12-25-18-15(3)7-5-8-16(18)4/h5,7-8,14,17H,6,9-13H2,1-4H3,(H,21,23)/t17-/m0/s1. The van der Waals surface area contributed by atoms with Crippen LogP contribution in [0.1, 0.15) is 37.8 Å². The molecule has 1 saturated heterocycles. The van der Waals surface area contributed by atoms with E-state index in [0.29, 0.717) is 19.7 Å². The molecule has 1 N–H and O–H groups in total. The molecule has 25 heavy (non-hydrogen) atoms. The topological polar surface area (TPSA) is 58.6 Å². The molecule has 1 heterocycles. The van der Waals surface area contributed by atoms with Gasteiger partial charge in [-0.3, -0.25) is 9.59 Å². The Hall–Kier alpha value is -2.04. The number of benzene rings is 1. The van der Waals surface area contributed by atoms with Crippen LogP contribution in [-0.4, -0.2) is 43.0 Å². The normalized spacial score (nSPS) is 17.5. The van der Waals surface area contributed by atoms with Crippen molar-refractivity contribution in [3.05, 3.63) is 29.3 Å². The molecule has 1 atom stereocenters. The number of hydrogen-bond acceptors (Lipinski definition) is 3. The van der Waals surface area contributed by atoms with Crippen molar-refractivity contribution in [3.63, 3.8) is 0 Å². The summed E-state index contributed by atoms with van der Waals surface area (Å²) >= 11 is 0. The van der Waals surface area contributed by atoms with Crippen LogP contribution in [0.3, 0.4) is 0 Å². The van der Waals surface area contributed by atoms with Crippen LogP contribution in [0.25, 0.3) is 0 Å². The molecule has 138 valence electrons. The quantitative estimate of drug-likeness (QED) is 0.806. The minimum absolute atomic E-state index is 0.0198. The Kier molecular flexibility index (Phi) is 6.85. The van der Waals surface area contributed by atoms with Crippen LogP contribution in [0.15, 0.2) is 18.2 Å². The van der Waals surface area contributed by atoms with Crippen LogP contribution in [0.2, 0.25) is 0 Å². The van der Waals surface area contributed by atoms with E-state index in [1.54, 1.807) is 0 Å². The molecular formula is C20H30N2O3. The minimum Gasteiger partial charge on any atom is -0.491 e. The molecular weight excluding hydrogens is 316 g/mol. The summed E-state index contributed by atoms with van der Waals surface area (Å²) < 4.78 is 5.82. The van der Waals surface area contributed by atoms with Gasteiger partial charge in [0.25, 0.3) is 0 Å². The Morgan fingerprint density at radius 1 is 1.28 bits per heavy atom. The van der Waals surface area contributed by atoms with Crippen LogP contribution in [-0.2, 0) is 9.59 Å². The van der Waals surface area contributed by atoms with Gasteiger partial charge in [0.15, 0.2) is 0 Å². The zero-order valence-electron chi connectivity index (χ0n) is 15.8. The van der Waals surface area contributed by atoms with Crippen molar-refractivity contribution in [2.24, 2.45) is 11.8 Å². The molecule has 0 radical (unpaired) electrons. The summed E-state index contributed by atoms with van der Waals surface area (Å²) in [7, 11) is 0. The first-order valence-electron chi connectivity index (χ1n) is 9.15. The highest BCUT2D eigenvalue weighted by Crippen LogP contribution is 2.22. The molecule has 5 nitrogen and oxygen atoms in total. The van der Waals surface area contributed by atoms with Gasteiger partial charge < -0.3 is 15.0 Å². The van der Waals surface area contributed by atoms with E-state index < -0.39 is 0 Å². The minimum atomic E-state index is -0.114. The first kappa shape index (κ1) is 19.3. The van der Waals surface area contributed by atoms with Crippen LogP contribution in [0.5, 0.6) is 5.75 Å². The van der Waals surface area contributed by atoms with Crippen LogP contribution in [0, 0.1) is 25.7 Å². The molecule has 0 aliphatic carbocycles. The van der Waals surface area contributed by atoms with Crippen molar-refractivity contribution in [2.45, 2.75) is 40.5 Å². The maximum atomic E-state index is 12.4. The molecule has 2 amide bonds. The average molecular weight is 346 g/mol. The van der Waals surface area contributed by atoms with E-state index in [1.807, 2.05) is 50.8 Å². The number of carbonyl (C=O) groups is 2. The number of para-hydroxylation sites is 1. The van der Waals surface area contributed by atoms with E-state index in [0.717, 1.165) is 36.3 Å². The maximum absolute atomic E-state index is 12.4. The third kappa shape index (κ3) is 5.21. The highest BCUT2D eigenvalue weighted by Gasteiger charge is 2.29. The van der Waals surface area contributed by atoms with E-state index >= 15 is 0 Å². The van der Waals surface area contributed by atoms with Gasteiger partial charge in [-0.2, -0.15) is 0 Å². The Balaban J connectivity index is 1.77. The van der Waals surface area contributed by atoms with Crippen molar-refractivity contribution in [3.8, 4) is 5.75 Å². The van der Waals surface area contributed by atoms with Crippen molar-refractivity contribution in [1.82, 2.24) is 10.2 Å². The van der Waals surface area contributed by atoms with Crippen molar-refractivity contribution >= 4 is 11.8 Å². The number of ether oxygens (including phenoxy) is 1. The molecule has 5 heteroatoms. The number of nitrogens with zero attached hydrogens (tertiary/aromatic N) is 1. The number of nitrogens with one attached hydrogen (secondary N) is 1. The lowest BCUT2D eigenvalue weighted by Crippen LogP contribution is -2.47. The summed E-state index contributed by atoms with van der Waals surface area (Å²) in [5, 5.41) is 2.95. The molecule has 1 aromatic carbocycles. The van der Waals surface area contributed by atoms with Crippen LogP contribution >= 0.6 is 0 Å². The van der Waals surface area contributed by atoms with Gasteiger partial charge in [0, 0.05) is 19.0 Å². The highest BCUT2D eigenvalue weighted by molar-refractivity contribution is 5.82. The molecule has 2 rings (SSSR count). The largest absolute Gasteiger partial charge is 0.491 e. The van der Waals surface area contributed by atoms with E-state index in [4.69, 9.17) is 4.74 Å². The average Bonchev–Trinajstić information content (AvgIpc) is 2.59. The predicted octanol–water partition coefficient (Wildman–Crippen LogP) is 2.69. The van der Waals surface area contributed by atoms with Gasteiger partial charge in [-0.15, -0.1) is 0 Å². The molecule has 0 unspecified atom stereocenters. The Morgan fingerprint density at radius 2 is 1.96 bits per heavy atom. The number of rotatable bonds is 6. The third-order valence-electron chi connectivity index (χ3n) is 4.65. The lowest BCUT2D eigenvalue weighted by Gasteiger charge is -2.33. The number of piperidine rings is 1. The number of hydrogen-bond donors (Lipinski definition) is 1. The maximum Gasteiger partial charge on any atom is 0.225 e. The van der Waals surface area contributed by atoms with E-state index in [1.165, 1.54) is 0 Å². The summed E-state index contributed by atoms with van der Waals surface area (Å²) in [6, 6.07) is 6.04. The summed E-state index contributed by atoms with van der Waals surface area (Å²) in [5.74, 6) is 0.912. The molecule has 1 fully saturated rings. The second-order valence-electron chi connectivity index (χ2n) is 7.14. The van der Waals surface area contributed by atoms with Gasteiger partial charge in [0.05, 0.1) is 12.5 Å². The fourth-order valence-corrected chi connectivity index (χ4v) is 3.25. The summed E-state index contributed by atoms with van der Waals surface area (Å²) in [5.41, 5.74) is 2.20. The van der Waals surface area contributed by atoms with Gasteiger partial charge in [-0.05, 0) is 37.8 Å². The predicted molar refractivity (Wildman–Crippen MR) is 98.6 cm³/mol. The van der Waals surface area contributed by atoms with Gasteiger partial charge in [-0.1, -0.05) is 32.0 Å². The molecule has 0 bridgehead atoms. The fourth-order valence-electron chi connectivity index (χ4n) is 3.25. The van der Waals surface area contributed by atoms with Gasteiger partial charge >= 0.3 is 0 Å². The Morgan fingerprint density at radius 3 is 2.60 bits per heavy atom. The van der Waals surface area contributed by atoms with Crippen molar-refractivity contribution in [2.75, 3.05) is 26.2 Å². The molecule has 1 aliphatic rings. The summed E-state index contributed by atoms with van der Waals surface area (Å²) in [6.45, 7) is 10.0. The number of amides is 2. The monoisotopic (exact) mass is 346 g/mol. The van der Waals surface area contributed by atoms with Gasteiger partial charge in [0.1, 0.15) is 12.4 Å². The summed E-state index contributed by atoms with van der Waals surface area (Å²) in [6.07, 6.45) is 1.72. The third-order valence-corrected chi connectivity index (χ3v) is 4.65. The second kappa shape index (κ2) is 8.88. The summed E-state index contributed by atoms with van der Waals surface area (Å²) in [4.78, 5) is 26.3. The van der Waals surface area contributed by atoms with E-state index in [-0.39, 0.29) is 23.7 Å². The first-order chi connectivity index (χ1) is 11.9. The second-order valence-corrected chi connectivity index (χ2v) is 7.14. The number of likely N-dealkylation sites (tertiary alicyclic amines) is 1. The van der Waals surface area contributed by atoms with E-state index in [9.17, 15) is 9.59 Å². The highest BCUT2D eigenvalue weighted by atomic mass is 16.5. The number of aryl methyl sites for hydroxylation is 2. The zero-order chi connectivity index (χ0) is 18.4. The molecule has 1 aromatic rings. The van der Waals surface area contributed by atoms with Crippen LogP contribution in [0.4, 0.5) is 0 Å². The molecule has 0 spiro atoms. The lowest BCUT2D eigenvalue weighted by molar-refractivity contribution is -0.138. The SMILES string of the molecule is Cc1cccc(C)c1OCCNC(=O)[C@H]1CCCN(C(=O)C(C)C)C1. The number of carbonyl (C=O) groups excluding carboxylic acids is 2. The van der Waals surface area contributed by atoms with Gasteiger partial charge in [0.2, 0.25) is 11.8 Å². The molecule has 0 saturated carbocycles. The zero-order valence-corrected chi connectivity index (χ0v) is 15.8. The van der Waals surface area contributed by atoms with E-state index in [2.05, 4.69) is 5.32 Å². The fraction of sp³-hybridized carbons (Fsp3) is 0.600. The Bertz CT molecular complexity index is 593. The van der Waals surface area contributed by atoms with Crippen LogP contribution < -0.4 is 10.1 Å². The Labute approximate surface area is 150 Å². The lowest BCUT2D eigenvalue weighted by atomic mass is 9.96. The van der Waals surface area contributed by atoms with Gasteiger partial charge in [-0.25, -0.2) is 0 Å². The molecule has 1 aliphatic heterocycles. The first-order valence-corrected chi connectivity index (χ1v) is 9.15.